The highest BCUT2D eigenvalue weighted by atomic mass is 16.3. The van der Waals surface area contributed by atoms with Crippen molar-refractivity contribution in [2.75, 3.05) is 11.9 Å². The topological polar surface area (TPSA) is 75.9 Å². The van der Waals surface area contributed by atoms with E-state index in [-0.39, 0.29) is 6.61 Å². The van der Waals surface area contributed by atoms with E-state index in [1.165, 1.54) is 6.33 Å². The molecular formula is C11H17N5O. The number of aromatic nitrogens is 4. The lowest BCUT2D eigenvalue weighted by atomic mass is 10.1. The highest BCUT2D eigenvalue weighted by Gasteiger charge is 2.20. The monoisotopic (exact) mass is 235 g/mol. The molecule has 0 aromatic carbocycles. The third-order valence-electron chi connectivity index (χ3n) is 2.65. The molecule has 0 saturated heterocycles. The minimum absolute atomic E-state index is 0.0256. The number of hydrogen-bond acceptors (Lipinski definition) is 5. The normalized spacial score (nSPS) is 12.1. The molecule has 6 nitrogen and oxygen atoms in total. The van der Waals surface area contributed by atoms with Gasteiger partial charge in [-0.25, -0.2) is 9.97 Å². The Labute approximate surface area is 99.7 Å². The number of rotatable bonds is 3. The van der Waals surface area contributed by atoms with Crippen LogP contribution in [0.4, 0.5) is 5.82 Å². The number of hydrogen-bond donors (Lipinski definition) is 2. The Morgan fingerprint density at radius 1 is 1.41 bits per heavy atom. The summed E-state index contributed by atoms with van der Waals surface area (Å²) in [6, 6.07) is 0. The van der Waals surface area contributed by atoms with E-state index < -0.39 is 5.54 Å². The number of aryl methyl sites for hydroxylation is 2. The Hall–Kier alpha value is -1.69. The Morgan fingerprint density at radius 3 is 2.76 bits per heavy atom. The molecule has 0 radical (unpaired) electrons. The van der Waals surface area contributed by atoms with Gasteiger partial charge in [-0.3, -0.25) is 4.68 Å². The molecule has 0 bridgehead atoms. The molecule has 0 aliphatic heterocycles. The van der Waals surface area contributed by atoms with Crippen LogP contribution in [-0.4, -0.2) is 37.0 Å². The lowest BCUT2D eigenvalue weighted by Gasteiger charge is -2.24. The zero-order valence-corrected chi connectivity index (χ0v) is 10.5. The van der Waals surface area contributed by atoms with Crippen LogP contribution in [0.2, 0.25) is 0 Å². The van der Waals surface area contributed by atoms with Gasteiger partial charge in [0.2, 0.25) is 0 Å². The van der Waals surface area contributed by atoms with Crippen molar-refractivity contribution in [1.82, 2.24) is 19.7 Å². The lowest BCUT2D eigenvalue weighted by molar-refractivity contribution is 0.234. The molecule has 0 unspecified atom stereocenters. The Bertz CT molecular complexity index is 546. The molecule has 0 aliphatic rings. The van der Waals surface area contributed by atoms with Crippen molar-refractivity contribution in [2.45, 2.75) is 26.3 Å². The van der Waals surface area contributed by atoms with Crippen LogP contribution in [0, 0.1) is 6.92 Å². The van der Waals surface area contributed by atoms with Gasteiger partial charge in [0.15, 0.2) is 5.65 Å². The summed E-state index contributed by atoms with van der Waals surface area (Å²) in [4.78, 5) is 8.43. The zero-order valence-electron chi connectivity index (χ0n) is 10.5. The highest BCUT2D eigenvalue weighted by Crippen LogP contribution is 2.24. The Morgan fingerprint density at radius 2 is 2.12 bits per heavy atom. The van der Waals surface area contributed by atoms with Crippen LogP contribution in [0.5, 0.6) is 0 Å². The molecule has 17 heavy (non-hydrogen) atoms. The van der Waals surface area contributed by atoms with Gasteiger partial charge in [0.05, 0.1) is 23.2 Å². The van der Waals surface area contributed by atoms with Gasteiger partial charge in [-0.2, -0.15) is 5.10 Å². The summed E-state index contributed by atoms with van der Waals surface area (Å²) in [7, 11) is 1.85. The first-order chi connectivity index (χ1) is 7.94. The van der Waals surface area contributed by atoms with E-state index in [1.807, 2.05) is 27.8 Å². The average Bonchev–Trinajstić information content (AvgIpc) is 2.55. The summed E-state index contributed by atoms with van der Waals surface area (Å²) in [6.45, 7) is 5.76. The molecule has 2 rings (SSSR count). The molecule has 0 amide bonds. The molecule has 92 valence electrons. The maximum absolute atomic E-state index is 9.28. The van der Waals surface area contributed by atoms with Crippen molar-refractivity contribution in [1.29, 1.82) is 0 Å². The van der Waals surface area contributed by atoms with Crippen molar-refractivity contribution in [3.63, 3.8) is 0 Å². The van der Waals surface area contributed by atoms with E-state index in [2.05, 4.69) is 20.4 Å². The largest absolute Gasteiger partial charge is 0.394 e. The maximum atomic E-state index is 9.28. The average molecular weight is 235 g/mol. The minimum atomic E-state index is -0.427. The number of nitrogens with one attached hydrogen (secondary N) is 1. The van der Waals surface area contributed by atoms with E-state index in [4.69, 9.17) is 0 Å². The predicted molar refractivity (Wildman–Crippen MR) is 65.8 cm³/mol. The van der Waals surface area contributed by atoms with Crippen LogP contribution >= 0.6 is 0 Å². The van der Waals surface area contributed by atoms with E-state index in [1.54, 1.807) is 4.68 Å². The highest BCUT2D eigenvalue weighted by molar-refractivity contribution is 5.89. The summed E-state index contributed by atoms with van der Waals surface area (Å²) in [6.07, 6.45) is 1.50. The van der Waals surface area contributed by atoms with Gasteiger partial charge >= 0.3 is 0 Å². The molecule has 2 N–H and O–H groups in total. The molecule has 0 atom stereocenters. The van der Waals surface area contributed by atoms with Crippen LogP contribution in [0.1, 0.15) is 19.5 Å². The third-order valence-corrected chi connectivity index (χ3v) is 2.65. The van der Waals surface area contributed by atoms with Gasteiger partial charge in [0.1, 0.15) is 12.1 Å². The first-order valence-electron chi connectivity index (χ1n) is 5.48. The van der Waals surface area contributed by atoms with Crippen molar-refractivity contribution in [2.24, 2.45) is 7.05 Å². The smallest absolute Gasteiger partial charge is 0.163 e. The fraction of sp³-hybridized carbons (Fsp3) is 0.545. The Kier molecular flexibility index (Phi) is 2.74. The quantitative estimate of drug-likeness (QED) is 0.825. The molecule has 6 heteroatoms. The maximum Gasteiger partial charge on any atom is 0.163 e. The molecule has 2 aromatic rings. The van der Waals surface area contributed by atoms with Gasteiger partial charge < -0.3 is 10.4 Å². The van der Waals surface area contributed by atoms with E-state index in [0.717, 1.165) is 16.7 Å². The first-order valence-corrected chi connectivity index (χ1v) is 5.48. The second-order valence-corrected chi connectivity index (χ2v) is 4.80. The van der Waals surface area contributed by atoms with Crippen molar-refractivity contribution in [3.05, 3.63) is 12.0 Å². The number of aliphatic hydroxyl groups is 1. The lowest BCUT2D eigenvalue weighted by Crippen LogP contribution is -2.35. The van der Waals surface area contributed by atoms with Crippen molar-refractivity contribution >= 4 is 16.9 Å². The third kappa shape index (κ3) is 2.08. The molecular weight excluding hydrogens is 218 g/mol. The fourth-order valence-electron chi connectivity index (χ4n) is 1.73. The standard InChI is InChI=1S/C11H17N5O/c1-7-8-9(14-11(2,3)5-17)12-6-13-10(8)16(4)15-7/h6,17H,5H2,1-4H3,(H,12,13,14). The number of anilines is 1. The molecule has 0 fully saturated rings. The van der Waals surface area contributed by atoms with Crippen LogP contribution < -0.4 is 5.32 Å². The van der Waals surface area contributed by atoms with Crippen LogP contribution in [0.25, 0.3) is 11.0 Å². The molecule has 0 spiro atoms. The van der Waals surface area contributed by atoms with Gasteiger partial charge in [-0.1, -0.05) is 0 Å². The molecule has 2 heterocycles. The first kappa shape index (κ1) is 11.8. The van der Waals surface area contributed by atoms with Gasteiger partial charge in [0.25, 0.3) is 0 Å². The molecule has 2 aromatic heterocycles. The van der Waals surface area contributed by atoms with Crippen LogP contribution in [0.3, 0.4) is 0 Å². The number of fused-ring (bicyclic) bond motifs is 1. The molecule has 0 aliphatic carbocycles. The van der Waals surface area contributed by atoms with Crippen LogP contribution in [-0.2, 0) is 7.05 Å². The number of aliphatic hydroxyl groups excluding tert-OH is 1. The van der Waals surface area contributed by atoms with Crippen molar-refractivity contribution < 1.29 is 5.11 Å². The zero-order chi connectivity index (χ0) is 12.6. The minimum Gasteiger partial charge on any atom is -0.394 e. The van der Waals surface area contributed by atoms with Gasteiger partial charge in [-0.15, -0.1) is 0 Å². The van der Waals surface area contributed by atoms with E-state index in [9.17, 15) is 5.11 Å². The van der Waals surface area contributed by atoms with Gasteiger partial charge in [-0.05, 0) is 20.8 Å². The van der Waals surface area contributed by atoms with E-state index >= 15 is 0 Å². The number of nitrogens with zero attached hydrogens (tertiary/aromatic N) is 4. The van der Waals surface area contributed by atoms with E-state index in [0.29, 0.717) is 5.82 Å². The second-order valence-electron chi connectivity index (χ2n) is 4.80. The fourth-order valence-corrected chi connectivity index (χ4v) is 1.73. The predicted octanol–water partition coefficient (Wildman–Crippen LogP) is 0.855. The molecule has 0 saturated carbocycles. The van der Waals surface area contributed by atoms with Crippen LogP contribution in [0.15, 0.2) is 6.33 Å². The summed E-state index contributed by atoms with van der Waals surface area (Å²) >= 11 is 0. The summed E-state index contributed by atoms with van der Waals surface area (Å²) in [5, 5.41) is 17.7. The summed E-state index contributed by atoms with van der Waals surface area (Å²) < 4.78 is 1.73. The summed E-state index contributed by atoms with van der Waals surface area (Å²) in [5.74, 6) is 0.708. The van der Waals surface area contributed by atoms with Gasteiger partial charge in [0, 0.05) is 7.05 Å². The second kappa shape index (κ2) is 3.96. The Balaban J connectivity index is 2.55. The SMILES string of the molecule is Cc1nn(C)c2ncnc(NC(C)(C)CO)c12. The summed E-state index contributed by atoms with van der Waals surface area (Å²) in [5.41, 5.74) is 1.23. The van der Waals surface area contributed by atoms with Crippen molar-refractivity contribution in [3.8, 4) is 0 Å².